The zero-order valence-corrected chi connectivity index (χ0v) is 20.9. The molecule has 2 aliphatic rings. The number of anilines is 2. The minimum Gasteiger partial charge on any atom is -0.482 e. The second kappa shape index (κ2) is 10.0. The first-order chi connectivity index (χ1) is 18.9. The van der Waals surface area contributed by atoms with Crippen molar-refractivity contribution in [1.82, 2.24) is 15.3 Å². The number of aromatic nitrogens is 2. The summed E-state index contributed by atoms with van der Waals surface area (Å²) >= 11 is 6.41. The zero-order chi connectivity index (χ0) is 30.5. The summed E-state index contributed by atoms with van der Waals surface area (Å²) in [5.74, 6) is -5.70. The quantitative estimate of drug-likeness (QED) is 0.602. The Bertz CT molecular complexity index is 1390. The van der Waals surface area contributed by atoms with E-state index in [1.54, 1.807) is 22.2 Å². The lowest BCUT2D eigenvalue weighted by Crippen LogP contribution is -2.52. The number of rotatable bonds is 6. The van der Waals surface area contributed by atoms with E-state index in [1.165, 1.54) is 26.1 Å². The highest BCUT2D eigenvalue weighted by Gasteiger charge is 2.47. The van der Waals surface area contributed by atoms with Gasteiger partial charge < -0.3 is 19.9 Å². The van der Waals surface area contributed by atoms with Crippen molar-refractivity contribution in [2.45, 2.75) is 26.2 Å². The lowest BCUT2D eigenvalue weighted by molar-refractivity contribution is -0.123. The van der Waals surface area contributed by atoms with Crippen molar-refractivity contribution in [3.05, 3.63) is 64.3 Å². The lowest BCUT2D eigenvalue weighted by Gasteiger charge is -2.41. The number of hydrogen-bond acceptors (Lipinski definition) is 6. The monoisotopic (exact) mass is 522 g/mol. The van der Waals surface area contributed by atoms with Crippen molar-refractivity contribution in [2.24, 2.45) is 11.8 Å². The molecule has 0 aliphatic carbocycles. The van der Waals surface area contributed by atoms with Gasteiger partial charge in [-0.15, -0.1) is 0 Å². The maximum atomic E-state index is 14.4. The normalized spacial score (nSPS) is 23.9. The first-order valence-corrected chi connectivity index (χ1v) is 11.7. The molecule has 3 heterocycles. The van der Waals surface area contributed by atoms with Crippen molar-refractivity contribution < 1.29 is 25.2 Å². The highest BCUT2D eigenvalue weighted by molar-refractivity contribution is 6.31. The number of alkyl halides is 2. The Labute approximate surface area is 221 Å². The number of ether oxygens (including phenoxy) is 1. The second-order valence-corrected chi connectivity index (χ2v) is 9.50. The number of carbonyl (C=O) groups is 1. The van der Waals surface area contributed by atoms with Gasteiger partial charge in [-0.2, -0.15) is 0 Å². The van der Waals surface area contributed by atoms with Gasteiger partial charge in [-0.25, -0.2) is 18.7 Å². The van der Waals surface area contributed by atoms with E-state index in [1.807, 2.05) is 18.2 Å². The molecule has 2 aliphatic heterocycles. The average molecular weight is 523 g/mol. The van der Waals surface area contributed by atoms with E-state index in [9.17, 15) is 13.6 Å². The summed E-state index contributed by atoms with van der Waals surface area (Å²) in [7, 11) is 1.69. The number of likely N-dealkylation sites (N-methyl/N-ethyl adjacent to an activating group) is 2. The fourth-order valence-electron chi connectivity index (χ4n) is 4.38. The Morgan fingerprint density at radius 1 is 1.39 bits per heavy atom. The molecule has 4 rings (SSSR count). The standard InChI is InChI=1S/C26H30ClF2N5O2/c1-15-12-34(13-16(2)26(15,28)29)25-31-11-20(27)21(32-25)9-18-6-7-22-19(8-18)10-23(17(3)33(22)5)36-14-24(35)30-4/h6-8,10-11,15-16H,3,9,12-14H2,1-2,4-5H3,(H,30,35)/t15-,16+/i4D3,14D2. The predicted molar refractivity (Wildman–Crippen MR) is 137 cm³/mol. The van der Waals surface area contributed by atoms with Gasteiger partial charge in [0.15, 0.2) is 6.56 Å². The summed E-state index contributed by atoms with van der Waals surface area (Å²) in [4.78, 5) is 24.4. The number of hydrogen-bond donors (Lipinski definition) is 1. The van der Waals surface area contributed by atoms with Crippen LogP contribution >= 0.6 is 11.6 Å². The van der Waals surface area contributed by atoms with E-state index in [-0.39, 0.29) is 31.0 Å². The molecular weight excluding hydrogens is 488 g/mol. The van der Waals surface area contributed by atoms with Crippen LogP contribution in [0.4, 0.5) is 20.4 Å². The van der Waals surface area contributed by atoms with E-state index in [0.29, 0.717) is 22.2 Å². The summed E-state index contributed by atoms with van der Waals surface area (Å²) in [6.07, 6.45) is 3.24. The Hall–Kier alpha value is -3.20. The van der Waals surface area contributed by atoms with Crippen LogP contribution in [-0.2, 0) is 16.0 Å². The van der Waals surface area contributed by atoms with Crippen molar-refractivity contribution in [1.29, 1.82) is 0 Å². The Kier molecular flexibility index (Phi) is 5.56. The topological polar surface area (TPSA) is 70.6 Å². The third-order valence-electron chi connectivity index (χ3n) is 6.56. The van der Waals surface area contributed by atoms with Crippen LogP contribution in [0.3, 0.4) is 0 Å². The summed E-state index contributed by atoms with van der Waals surface area (Å²) < 4.78 is 71.4. The summed E-state index contributed by atoms with van der Waals surface area (Å²) in [5.41, 5.74) is 2.88. The van der Waals surface area contributed by atoms with Gasteiger partial charge in [0, 0.05) is 60.7 Å². The molecule has 0 unspecified atom stereocenters. The van der Waals surface area contributed by atoms with Crippen molar-refractivity contribution in [3.63, 3.8) is 0 Å². The smallest absolute Gasteiger partial charge is 0.257 e. The van der Waals surface area contributed by atoms with Crippen LogP contribution in [0.1, 0.15) is 37.5 Å². The minimum absolute atomic E-state index is 0.0599. The van der Waals surface area contributed by atoms with E-state index in [4.69, 9.17) is 23.2 Å². The van der Waals surface area contributed by atoms with Gasteiger partial charge in [0.2, 0.25) is 5.95 Å². The number of piperidine rings is 1. The van der Waals surface area contributed by atoms with Crippen LogP contribution < -0.4 is 15.1 Å². The van der Waals surface area contributed by atoms with Crippen LogP contribution in [0.5, 0.6) is 0 Å². The largest absolute Gasteiger partial charge is 0.482 e. The maximum Gasteiger partial charge on any atom is 0.257 e. The Morgan fingerprint density at radius 2 is 2.11 bits per heavy atom. The molecule has 1 aromatic carbocycles. The highest BCUT2D eigenvalue weighted by atomic mass is 35.5. The first-order valence-electron chi connectivity index (χ1n) is 13.8. The third-order valence-corrected chi connectivity index (χ3v) is 6.87. The van der Waals surface area contributed by atoms with Crippen LogP contribution in [0.2, 0.25) is 5.02 Å². The third kappa shape index (κ3) is 5.02. The molecule has 0 radical (unpaired) electrons. The number of benzene rings is 1. The molecule has 0 bridgehead atoms. The molecule has 0 saturated carbocycles. The van der Waals surface area contributed by atoms with Crippen molar-refractivity contribution in [2.75, 3.05) is 43.5 Å². The SMILES string of the molecule is [2H]C([2H])([2H])NC(=O)C([2H])([2H])OC1=Cc2cc(Cc3nc(N4C[C@@H](C)C(F)(F)[C@@H](C)C4)ncc3Cl)ccc2N(C)C1=C. The van der Waals surface area contributed by atoms with Gasteiger partial charge in [-0.1, -0.05) is 38.1 Å². The fourth-order valence-corrected chi connectivity index (χ4v) is 4.53. The van der Waals surface area contributed by atoms with Gasteiger partial charge >= 0.3 is 0 Å². The zero-order valence-electron chi connectivity index (χ0n) is 25.1. The second-order valence-electron chi connectivity index (χ2n) is 9.09. The molecule has 7 nitrogen and oxygen atoms in total. The Morgan fingerprint density at radius 3 is 2.81 bits per heavy atom. The molecule has 1 N–H and O–H groups in total. The average Bonchev–Trinajstić information content (AvgIpc) is 2.86. The fraction of sp³-hybridized carbons (Fsp3) is 0.423. The molecule has 192 valence electrons. The highest BCUT2D eigenvalue weighted by Crippen LogP contribution is 2.39. The minimum atomic E-state index is -2.99. The van der Waals surface area contributed by atoms with Crippen LogP contribution in [0, 0.1) is 11.8 Å². The number of nitrogens with one attached hydrogen (secondary N) is 1. The van der Waals surface area contributed by atoms with Crippen LogP contribution in [0.15, 0.2) is 42.4 Å². The predicted octanol–water partition coefficient (Wildman–Crippen LogP) is 4.52. The van der Waals surface area contributed by atoms with Gasteiger partial charge in [-0.3, -0.25) is 4.79 Å². The van der Waals surface area contributed by atoms with Gasteiger partial charge in [0.25, 0.3) is 11.8 Å². The van der Waals surface area contributed by atoms with Crippen molar-refractivity contribution in [3.8, 4) is 0 Å². The molecule has 10 heteroatoms. The van der Waals surface area contributed by atoms with E-state index in [0.717, 1.165) is 11.3 Å². The van der Waals surface area contributed by atoms with Gasteiger partial charge in [0.05, 0.1) is 25.4 Å². The molecular formula is C26H30ClF2N5O2. The van der Waals surface area contributed by atoms with Crippen LogP contribution in [0.25, 0.3) is 6.08 Å². The van der Waals surface area contributed by atoms with Crippen molar-refractivity contribution >= 4 is 35.2 Å². The van der Waals surface area contributed by atoms with E-state index < -0.39 is 37.2 Å². The summed E-state index contributed by atoms with van der Waals surface area (Å²) in [5, 5.41) is 1.91. The summed E-state index contributed by atoms with van der Waals surface area (Å²) in [6.45, 7) is 1.27. The number of fused-ring (bicyclic) bond motifs is 1. The molecule has 1 amide bonds. The molecule has 1 saturated heterocycles. The van der Waals surface area contributed by atoms with Crippen LogP contribution in [-0.4, -0.2) is 55.5 Å². The number of carbonyl (C=O) groups excluding carboxylic acids is 1. The molecule has 2 aromatic rings. The maximum absolute atomic E-state index is 14.4. The van der Waals surface area contributed by atoms with Gasteiger partial charge in [-0.05, 0) is 23.8 Å². The lowest BCUT2D eigenvalue weighted by atomic mass is 9.87. The number of halogens is 3. The molecule has 0 spiro atoms. The molecule has 1 aromatic heterocycles. The number of nitrogens with zero attached hydrogens (tertiary/aromatic N) is 4. The van der Waals surface area contributed by atoms with E-state index in [2.05, 4.69) is 16.5 Å². The molecule has 36 heavy (non-hydrogen) atoms. The first kappa shape index (κ1) is 19.9. The molecule has 2 atom stereocenters. The van der Waals surface area contributed by atoms with E-state index >= 15 is 0 Å². The Balaban J connectivity index is 1.58. The number of amides is 1. The molecule has 1 fully saturated rings. The summed E-state index contributed by atoms with van der Waals surface area (Å²) in [6, 6.07) is 5.49. The van der Waals surface area contributed by atoms with Gasteiger partial charge in [0.1, 0.15) is 5.76 Å².